The van der Waals surface area contributed by atoms with Crippen LogP contribution in [0.1, 0.15) is 38.5 Å². The number of carbonyl (C=O) groups excluding carboxylic acids is 1. The SMILES string of the molecule is CSCCCCCCCCN(C)C(=O)S. The molecule has 0 bridgehead atoms. The second-order valence-corrected chi connectivity index (χ2v) is 5.19. The van der Waals surface area contributed by atoms with Crippen molar-refractivity contribution in [2.24, 2.45) is 0 Å². The standard InChI is InChI=1S/C11H23NOS2/c1-12(11(13)14)9-7-5-3-4-6-8-10-15-2/h3-10H2,1-2H3,(H,13,14). The van der Waals surface area contributed by atoms with Gasteiger partial charge in [0, 0.05) is 13.6 Å². The summed E-state index contributed by atoms with van der Waals surface area (Å²) in [5.41, 5.74) is 0. The third-order valence-electron chi connectivity index (χ3n) is 2.42. The molecule has 0 aromatic rings. The number of hydrogen-bond acceptors (Lipinski definition) is 2. The van der Waals surface area contributed by atoms with Gasteiger partial charge < -0.3 is 4.90 Å². The fraction of sp³-hybridized carbons (Fsp3) is 0.909. The normalized spacial score (nSPS) is 10.3. The Labute approximate surface area is 104 Å². The smallest absolute Gasteiger partial charge is 0.278 e. The van der Waals surface area contributed by atoms with Crippen LogP contribution >= 0.6 is 24.4 Å². The first kappa shape index (κ1) is 15.2. The molecule has 0 unspecified atom stereocenters. The molecular formula is C11H23NOS2. The van der Waals surface area contributed by atoms with E-state index < -0.39 is 0 Å². The summed E-state index contributed by atoms with van der Waals surface area (Å²) in [4.78, 5) is 12.4. The Morgan fingerprint density at radius 2 is 1.67 bits per heavy atom. The maximum absolute atomic E-state index is 10.8. The summed E-state index contributed by atoms with van der Waals surface area (Å²) in [6, 6.07) is 0. The van der Waals surface area contributed by atoms with Crippen LogP contribution in [0.15, 0.2) is 0 Å². The van der Waals surface area contributed by atoms with E-state index in [0.29, 0.717) is 0 Å². The molecule has 15 heavy (non-hydrogen) atoms. The molecule has 0 aliphatic rings. The van der Waals surface area contributed by atoms with Crippen LogP contribution in [0, 0.1) is 0 Å². The lowest BCUT2D eigenvalue weighted by atomic mass is 10.1. The third-order valence-corrected chi connectivity index (χ3v) is 3.46. The molecule has 0 saturated heterocycles. The molecule has 0 aliphatic carbocycles. The number of rotatable bonds is 9. The molecule has 1 amide bonds. The number of hydrogen-bond donors (Lipinski definition) is 1. The molecular weight excluding hydrogens is 226 g/mol. The van der Waals surface area contributed by atoms with Crippen molar-refractivity contribution >= 4 is 29.6 Å². The predicted octanol–water partition coefficient (Wildman–Crippen LogP) is 3.67. The van der Waals surface area contributed by atoms with Gasteiger partial charge in [0.25, 0.3) is 5.24 Å². The van der Waals surface area contributed by atoms with Crippen LogP contribution < -0.4 is 0 Å². The summed E-state index contributed by atoms with van der Waals surface area (Å²) in [7, 11) is 1.80. The van der Waals surface area contributed by atoms with Gasteiger partial charge in [-0.1, -0.05) is 38.3 Å². The molecule has 0 atom stereocenters. The largest absolute Gasteiger partial charge is 0.337 e. The summed E-state index contributed by atoms with van der Waals surface area (Å²) >= 11 is 5.68. The van der Waals surface area contributed by atoms with Gasteiger partial charge in [0.2, 0.25) is 0 Å². The molecule has 0 aliphatic heterocycles. The summed E-state index contributed by atoms with van der Waals surface area (Å²) in [6.07, 6.45) is 9.81. The molecule has 0 radical (unpaired) electrons. The zero-order valence-corrected chi connectivity index (χ0v) is 11.6. The van der Waals surface area contributed by atoms with Gasteiger partial charge in [0.15, 0.2) is 0 Å². The Hall–Kier alpha value is 0.170. The highest BCUT2D eigenvalue weighted by molar-refractivity contribution is 7.98. The molecule has 0 spiro atoms. The summed E-state index contributed by atoms with van der Waals surface area (Å²) in [6.45, 7) is 0.840. The van der Waals surface area contributed by atoms with E-state index in [1.54, 1.807) is 11.9 Å². The van der Waals surface area contributed by atoms with Crippen molar-refractivity contribution in [1.29, 1.82) is 0 Å². The highest BCUT2D eigenvalue weighted by atomic mass is 32.2. The average Bonchev–Trinajstić information content (AvgIpc) is 2.21. The van der Waals surface area contributed by atoms with Crippen LogP contribution in [0.25, 0.3) is 0 Å². The van der Waals surface area contributed by atoms with Crippen molar-refractivity contribution in [2.75, 3.05) is 25.6 Å². The Morgan fingerprint density at radius 1 is 1.13 bits per heavy atom. The zero-order valence-electron chi connectivity index (χ0n) is 9.87. The van der Waals surface area contributed by atoms with Gasteiger partial charge in [-0.15, -0.1) is 0 Å². The van der Waals surface area contributed by atoms with Crippen LogP contribution in [0.5, 0.6) is 0 Å². The first-order valence-electron chi connectivity index (χ1n) is 5.61. The van der Waals surface area contributed by atoms with Crippen molar-refractivity contribution < 1.29 is 4.79 Å². The highest BCUT2D eigenvalue weighted by Crippen LogP contribution is 2.08. The minimum Gasteiger partial charge on any atom is -0.337 e. The molecule has 0 saturated carbocycles. The maximum atomic E-state index is 10.8. The number of nitrogens with zero attached hydrogens (tertiary/aromatic N) is 1. The van der Waals surface area contributed by atoms with Crippen LogP contribution in [-0.4, -0.2) is 35.7 Å². The average molecular weight is 249 g/mol. The van der Waals surface area contributed by atoms with E-state index in [2.05, 4.69) is 18.9 Å². The van der Waals surface area contributed by atoms with Crippen LogP contribution in [-0.2, 0) is 0 Å². The van der Waals surface area contributed by atoms with E-state index in [0.717, 1.165) is 13.0 Å². The number of unbranched alkanes of at least 4 members (excludes halogenated alkanes) is 5. The first-order valence-corrected chi connectivity index (χ1v) is 7.45. The van der Waals surface area contributed by atoms with Crippen molar-refractivity contribution in [3.63, 3.8) is 0 Å². The minimum atomic E-state index is -0.130. The number of amides is 1. The van der Waals surface area contributed by atoms with Crippen molar-refractivity contribution in [3.8, 4) is 0 Å². The summed E-state index contributed by atoms with van der Waals surface area (Å²) in [5.74, 6) is 1.29. The Kier molecular flexibility index (Phi) is 10.8. The Bertz CT molecular complexity index is 165. The summed E-state index contributed by atoms with van der Waals surface area (Å²) in [5, 5.41) is -0.130. The van der Waals surface area contributed by atoms with E-state index in [4.69, 9.17) is 0 Å². The highest BCUT2D eigenvalue weighted by Gasteiger charge is 2.01. The molecule has 0 heterocycles. The van der Waals surface area contributed by atoms with Crippen LogP contribution in [0.3, 0.4) is 0 Å². The minimum absolute atomic E-state index is 0.130. The van der Waals surface area contributed by atoms with Crippen molar-refractivity contribution in [1.82, 2.24) is 4.90 Å². The van der Waals surface area contributed by atoms with Gasteiger partial charge >= 0.3 is 0 Å². The predicted molar refractivity (Wildman–Crippen MR) is 73.1 cm³/mol. The van der Waals surface area contributed by atoms with E-state index >= 15 is 0 Å². The molecule has 0 N–H and O–H groups in total. The van der Waals surface area contributed by atoms with Gasteiger partial charge in [-0.3, -0.25) is 4.79 Å². The second kappa shape index (κ2) is 10.7. The quantitative estimate of drug-likeness (QED) is 0.497. The Morgan fingerprint density at radius 3 is 2.20 bits per heavy atom. The molecule has 0 rings (SSSR count). The van der Waals surface area contributed by atoms with Gasteiger partial charge in [-0.05, 0) is 24.9 Å². The lowest BCUT2D eigenvalue weighted by Gasteiger charge is -2.13. The van der Waals surface area contributed by atoms with Gasteiger partial charge in [0.05, 0.1) is 0 Å². The van der Waals surface area contributed by atoms with E-state index in [-0.39, 0.29) is 5.24 Å². The monoisotopic (exact) mass is 249 g/mol. The Balaban J connectivity index is 3.08. The molecule has 90 valence electrons. The van der Waals surface area contributed by atoms with Crippen molar-refractivity contribution in [3.05, 3.63) is 0 Å². The molecule has 0 aromatic carbocycles. The first-order chi connectivity index (χ1) is 7.18. The molecule has 0 fully saturated rings. The number of thioether (sulfide) groups is 1. The lowest BCUT2D eigenvalue weighted by Crippen LogP contribution is -2.21. The maximum Gasteiger partial charge on any atom is 0.278 e. The van der Waals surface area contributed by atoms with E-state index in [1.807, 2.05) is 11.8 Å². The van der Waals surface area contributed by atoms with Gasteiger partial charge in [-0.25, -0.2) is 0 Å². The molecule has 2 nitrogen and oxygen atoms in total. The fourth-order valence-electron chi connectivity index (χ4n) is 1.40. The van der Waals surface area contributed by atoms with Crippen LogP contribution in [0.4, 0.5) is 4.79 Å². The molecule has 0 aromatic heterocycles. The number of thiol groups is 1. The van der Waals surface area contributed by atoms with Crippen LogP contribution in [0.2, 0.25) is 0 Å². The zero-order chi connectivity index (χ0) is 11.5. The topological polar surface area (TPSA) is 20.3 Å². The third kappa shape index (κ3) is 10.5. The van der Waals surface area contributed by atoms with Crippen molar-refractivity contribution in [2.45, 2.75) is 38.5 Å². The second-order valence-electron chi connectivity index (χ2n) is 3.82. The van der Waals surface area contributed by atoms with Gasteiger partial charge in [0.1, 0.15) is 0 Å². The lowest BCUT2D eigenvalue weighted by molar-refractivity contribution is 0.233. The molecule has 4 heteroatoms. The van der Waals surface area contributed by atoms with E-state index in [1.165, 1.54) is 37.9 Å². The number of carbonyl (C=O) groups is 1. The fourth-order valence-corrected chi connectivity index (χ4v) is 1.99. The van der Waals surface area contributed by atoms with Gasteiger partial charge in [-0.2, -0.15) is 11.8 Å². The summed E-state index contributed by atoms with van der Waals surface area (Å²) < 4.78 is 0. The van der Waals surface area contributed by atoms with E-state index in [9.17, 15) is 4.79 Å².